The van der Waals surface area contributed by atoms with Crippen molar-refractivity contribution < 1.29 is 18.0 Å². The second-order valence-corrected chi connectivity index (χ2v) is 3.90. The fraction of sp³-hybridized carbons (Fsp3) is 0.167. The number of aromatic nitrogens is 1. The van der Waals surface area contributed by atoms with E-state index in [4.69, 9.17) is 10.2 Å². The fourth-order valence-corrected chi connectivity index (χ4v) is 1.49. The van der Waals surface area contributed by atoms with Gasteiger partial charge in [-0.05, 0) is 13.0 Å². The molecule has 0 bridgehead atoms. The number of hydrogen-bond donors (Lipinski definition) is 2. The van der Waals surface area contributed by atoms with Crippen molar-refractivity contribution in [1.29, 1.82) is 0 Å². The fourth-order valence-electron chi connectivity index (χ4n) is 1.49. The first-order chi connectivity index (χ1) is 8.97. The molecule has 0 fully saturated rings. The monoisotopic (exact) mass is 267 g/mol. The van der Waals surface area contributed by atoms with E-state index in [1.54, 1.807) is 6.92 Å². The van der Waals surface area contributed by atoms with Crippen molar-refractivity contribution >= 4 is 11.6 Å². The van der Waals surface area contributed by atoms with E-state index in [2.05, 4.69) is 10.3 Å². The molecule has 7 heteroatoms. The van der Waals surface area contributed by atoms with Crippen molar-refractivity contribution in [3.63, 3.8) is 0 Å². The van der Waals surface area contributed by atoms with Gasteiger partial charge in [-0.15, -0.1) is 0 Å². The molecule has 0 aliphatic rings. The number of rotatable bonds is 3. The van der Waals surface area contributed by atoms with Gasteiger partial charge in [0.25, 0.3) is 5.91 Å². The maximum atomic E-state index is 13.0. The van der Waals surface area contributed by atoms with Crippen molar-refractivity contribution in [3.05, 3.63) is 47.2 Å². The zero-order chi connectivity index (χ0) is 14.0. The molecule has 2 rings (SSSR count). The summed E-state index contributed by atoms with van der Waals surface area (Å²) in [5, 5.41) is 2.45. The molecule has 1 heterocycles. The van der Waals surface area contributed by atoms with E-state index >= 15 is 0 Å². The van der Waals surface area contributed by atoms with Crippen molar-refractivity contribution in [2.75, 3.05) is 5.73 Å². The van der Waals surface area contributed by atoms with Gasteiger partial charge in [-0.2, -0.15) is 0 Å². The van der Waals surface area contributed by atoms with Gasteiger partial charge >= 0.3 is 0 Å². The van der Waals surface area contributed by atoms with Gasteiger partial charge in [0.15, 0.2) is 11.6 Å². The molecule has 19 heavy (non-hydrogen) atoms. The minimum Gasteiger partial charge on any atom is -0.444 e. The van der Waals surface area contributed by atoms with Crippen LogP contribution in [0.1, 0.15) is 22.0 Å². The molecular formula is C12H11F2N3O2. The van der Waals surface area contributed by atoms with Crippen molar-refractivity contribution in [1.82, 2.24) is 10.3 Å². The molecule has 0 unspecified atom stereocenters. The predicted octanol–water partition coefficient (Wildman–Crippen LogP) is 1.77. The Morgan fingerprint density at radius 2 is 2.11 bits per heavy atom. The summed E-state index contributed by atoms with van der Waals surface area (Å²) in [6.07, 6.45) is 1.51. The van der Waals surface area contributed by atoms with Crippen LogP contribution >= 0.6 is 0 Å². The third-order valence-corrected chi connectivity index (χ3v) is 2.41. The average Bonchev–Trinajstić information content (AvgIpc) is 2.77. The highest BCUT2D eigenvalue weighted by molar-refractivity contribution is 5.99. The molecule has 0 radical (unpaired) electrons. The van der Waals surface area contributed by atoms with Crippen LogP contribution in [-0.2, 0) is 6.54 Å². The molecule has 1 aromatic carbocycles. The average molecular weight is 267 g/mol. The van der Waals surface area contributed by atoms with Crippen LogP contribution in [-0.4, -0.2) is 10.9 Å². The quantitative estimate of drug-likeness (QED) is 0.830. The molecule has 5 nitrogen and oxygen atoms in total. The summed E-state index contributed by atoms with van der Waals surface area (Å²) in [7, 11) is 0. The Kier molecular flexibility index (Phi) is 3.46. The Hall–Kier alpha value is -2.44. The summed E-state index contributed by atoms with van der Waals surface area (Å²) in [6, 6.07) is 1.51. The molecule has 0 saturated heterocycles. The summed E-state index contributed by atoms with van der Waals surface area (Å²) in [5.41, 5.74) is 5.18. The predicted molar refractivity (Wildman–Crippen MR) is 63.2 cm³/mol. The number of anilines is 1. The van der Waals surface area contributed by atoms with Crippen LogP contribution in [0.3, 0.4) is 0 Å². The first-order valence-corrected chi connectivity index (χ1v) is 5.41. The van der Waals surface area contributed by atoms with Gasteiger partial charge in [-0.1, -0.05) is 0 Å². The zero-order valence-corrected chi connectivity index (χ0v) is 10.0. The third kappa shape index (κ3) is 2.87. The minimum absolute atomic E-state index is 0.0328. The van der Waals surface area contributed by atoms with Crippen molar-refractivity contribution in [3.8, 4) is 0 Å². The largest absolute Gasteiger partial charge is 0.444 e. The number of aryl methyl sites for hydroxylation is 1. The van der Waals surface area contributed by atoms with Crippen molar-refractivity contribution in [2.24, 2.45) is 0 Å². The number of benzene rings is 1. The normalized spacial score (nSPS) is 10.5. The van der Waals surface area contributed by atoms with Gasteiger partial charge in [-0.25, -0.2) is 13.8 Å². The van der Waals surface area contributed by atoms with Crippen molar-refractivity contribution in [2.45, 2.75) is 13.5 Å². The van der Waals surface area contributed by atoms with Crippen LogP contribution in [0.25, 0.3) is 0 Å². The number of carbonyl (C=O) groups is 1. The summed E-state index contributed by atoms with van der Waals surface area (Å²) < 4.78 is 31.1. The lowest BCUT2D eigenvalue weighted by molar-refractivity contribution is 0.0947. The van der Waals surface area contributed by atoms with Gasteiger partial charge in [0.1, 0.15) is 5.76 Å². The Morgan fingerprint density at radius 3 is 2.74 bits per heavy atom. The van der Waals surface area contributed by atoms with E-state index in [-0.39, 0.29) is 17.8 Å². The number of nitrogens with two attached hydrogens (primary N) is 1. The molecule has 0 aliphatic carbocycles. The molecule has 0 aliphatic heterocycles. The zero-order valence-electron chi connectivity index (χ0n) is 10.0. The van der Waals surface area contributed by atoms with Crippen LogP contribution in [0.5, 0.6) is 0 Å². The van der Waals surface area contributed by atoms with E-state index in [1.807, 2.05) is 0 Å². The second kappa shape index (κ2) is 5.05. The smallest absolute Gasteiger partial charge is 0.253 e. The molecule has 3 N–H and O–H groups in total. The Balaban J connectivity index is 2.10. The van der Waals surface area contributed by atoms with E-state index in [1.165, 1.54) is 6.20 Å². The topological polar surface area (TPSA) is 81.2 Å². The molecule has 1 aromatic heterocycles. The summed E-state index contributed by atoms with van der Waals surface area (Å²) in [5.74, 6) is -1.94. The maximum Gasteiger partial charge on any atom is 0.253 e. The van der Waals surface area contributed by atoms with Gasteiger partial charge < -0.3 is 15.5 Å². The van der Waals surface area contributed by atoms with E-state index in [0.29, 0.717) is 11.7 Å². The van der Waals surface area contributed by atoms with Gasteiger partial charge in [0.2, 0.25) is 5.89 Å². The van der Waals surface area contributed by atoms with Crippen LogP contribution < -0.4 is 11.1 Å². The van der Waals surface area contributed by atoms with Crippen LogP contribution in [0.4, 0.5) is 14.5 Å². The molecule has 0 spiro atoms. The van der Waals surface area contributed by atoms with E-state index in [0.717, 1.165) is 12.1 Å². The van der Waals surface area contributed by atoms with Crippen LogP contribution in [0.2, 0.25) is 0 Å². The Bertz CT molecular complexity index is 625. The minimum atomic E-state index is -1.13. The molecular weight excluding hydrogens is 256 g/mol. The lowest BCUT2D eigenvalue weighted by Crippen LogP contribution is -2.24. The van der Waals surface area contributed by atoms with Gasteiger partial charge in [-0.3, -0.25) is 4.79 Å². The maximum absolute atomic E-state index is 13.0. The lowest BCUT2D eigenvalue weighted by Gasteiger charge is -2.06. The number of hydrogen-bond acceptors (Lipinski definition) is 4. The molecule has 100 valence electrons. The number of nitrogens with one attached hydrogen (secondary N) is 1. The molecule has 1 amide bonds. The highest BCUT2D eigenvalue weighted by atomic mass is 19.2. The lowest BCUT2D eigenvalue weighted by atomic mass is 10.1. The highest BCUT2D eigenvalue weighted by Crippen LogP contribution is 2.17. The molecule has 2 aromatic rings. The summed E-state index contributed by atoms with van der Waals surface area (Å²) in [6.45, 7) is 1.75. The van der Waals surface area contributed by atoms with Crippen LogP contribution in [0.15, 0.2) is 22.7 Å². The number of amides is 1. The first kappa shape index (κ1) is 13.0. The number of carbonyl (C=O) groups excluding carboxylic acids is 1. The number of halogens is 2. The third-order valence-electron chi connectivity index (χ3n) is 2.41. The SMILES string of the molecule is Cc1cnc(CNC(=O)c2cc(F)c(F)cc2N)o1. The summed E-state index contributed by atoms with van der Waals surface area (Å²) in [4.78, 5) is 15.6. The number of oxazole rings is 1. The van der Waals surface area contributed by atoms with E-state index < -0.39 is 17.5 Å². The second-order valence-electron chi connectivity index (χ2n) is 3.90. The summed E-state index contributed by atoms with van der Waals surface area (Å²) >= 11 is 0. The highest BCUT2D eigenvalue weighted by Gasteiger charge is 2.14. The van der Waals surface area contributed by atoms with E-state index in [9.17, 15) is 13.6 Å². The first-order valence-electron chi connectivity index (χ1n) is 5.41. The number of nitrogen functional groups attached to an aromatic ring is 1. The molecule has 0 atom stereocenters. The standard InChI is InChI=1S/C12H11F2N3O2/c1-6-4-16-11(19-6)5-17-12(18)7-2-8(13)9(14)3-10(7)15/h2-4H,5,15H2,1H3,(H,17,18). The Labute approximate surface area is 107 Å². The Morgan fingerprint density at radius 1 is 1.42 bits per heavy atom. The van der Waals surface area contributed by atoms with Gasteiger partial charge in [0, 0.05) is 11.8 Å². The van der Waals surface area contributed by atoms with Gasteiger partial charge in [0.05, 0.1) is 18.3 Å². The number of nitrogens with zero attached hydrogens (tertiary/aromatic N) is 1. The molecule has 0 saturated carbocycles. The van der Waals surface area contributed by atoms with Crippen LogP contribution in [0, 0.1) is 18.6 Å².